The van der Waals surface area contributed by atoms with E-state index in [2.05, 4.69) is 10.3 Å². The molecule has 1 atom stereocenters. The lowest BCUT2D eigenvalue weighted by Crippen LogP contribution is -2.24. The molecule has 0 bridgehead atoms. The van der Waals surface area contributed by atoms with Crippen LogP contribution in [-0.4, -0.2) is 22.1 Å². The van der Waals surface area contributed by atoms with E-state index in [-0.39, 0.29) is 5.91 Å². The molecule has 1 amide bonds. The minimum atomic E-state index is -0.428. The number of hydrogen-bond donors (Lipinski definition) is 2. The highest BCUT2D eigenvalue weighted by Gasteiger charge is 2.04. The predicted molar refractivity (Wildman–Crippen MR) is 61.7 cm³/mol. The summed E-state index contributed by atoms with van der Waals surface area (Å²) < 4.78 is 0. The summed E-state index contributed by atoms with van der Waals surface area (Å²) in [5, 5.41) is 11.8. The molecular weight excluding hydrogens is 204 g/mol. The minimum Gasteiger partial charge on any atom is -0.393 e. The fourth-order valence-electron chi connectivity index (χ4n) is 1.32. The van der Waals surface area contributed by atoms with Crippen LogP contribution in [0.25, 0.3) is 0 Å². The van der Waals surface area contributed by atoms with Crippen molar-refractivity contribution >= 4 is 5.91 Å². The molecule has 4 nitrogen and oxygen atoms in total. The molecule has 0 spiro atoms. The summed E-state index contributed by atoms with van der Waals surface area (Å²) in [4.78, 5) is 15.6. The van der Waals surface area contributed by atoms with Crippen molar-refractivity contribution in [1.82, 2.24) is 10.3 Å². The SMILES string of the molecule is Cc1cccc(CNC(=O)CCC(C)O)n1. The lowest BCUT2D eigenvalue weighted by Gasteiger charge is -2.06. The molecular formula is C12H18N2O2. The van der Waals surface area contributed by atoms with Crippen LogP contribution < -0.4 is 5.32 Å². The average Bonchev–Trinajstić information content (AvgIpc) is 2.23. The molecule has 0 radical (unpaired) electrons. The standard InChI is InChI=1S/C12H18N2O2/c1-9-4-3-5-11(14-9)8-13-12(16)7-6-10(2)15/h3-5,10,15H,6-8H2,1-2H3,(H,13,16). The lowest BCUT2D eigenvalue weighted by molar-refractivity contribution is -0.121. The number of rotatable bonds is 5. The topological polar surface area (TPSA) is 62.2 Å². The fraction of sp³-hybridized carbons (Fsp3) is 0.500. The van der Waals surface area contributed by atoms with Crippen molar-refractivity contribution in [3.63, 3.8) is 0 Å². The number of pyridine rings is 1. The smallest absolute Gasteiger partial charge is 0.220 e. The summed E-state index contributed by atoms with van der Waals surface area (Å²) in [7, 11) is 0. The first-order valence-electron chi connectivity index (χ1n) is 5.45. The van der Waals surface area contributed by atoms with E-state index in [9.17, 15) is 4.79 Å². The van der Waals surface area contributed by atoms with Crippen LogP contribution in [0, 0.1) is 6.92 Å². The summed E-state index contributed by atoms with van der Waals surface area (Å²) in [6, 6.07) is 5.71. The van der Waals surface area contributed by atoms with Gasteiger partial charge in [0.15, 0.2) is 0 Å². The fourth-order valence-corrected chi connectivity index (χ4v) is 1.32. The number of aryl methyl sites for hydroxylation is 1. The second-order valence-corrected chi connectivity index (χ2v) is 3.93. The Balaban J connectivity index is 2.31. The normalized spacial score (nSPS) is 12.2. The molecule has 1 unspecified atom stereocenters. The zero-order valence-corrected chi connectivity index (χ0v) is 9.73. The van der Waals surface area contributed by atoms with E-state index < -0.39 is 6.10 Å². The number of aliphatic hydroxyl groups is 1. The highest BCUT2D eigenvalue weighted by molar-refractivity contribution is 5.75. The molecule has 0 aliphatic carbocycles. The van der Waals surface area contributed by atoms with Gasteiger partial charge in [-0.3, -0.25) is 9.78 Å². The van der Waals surface area contributed by atoms with Crippen LogP contribution in [0.5, 0.6) is 0 Å². The van der Waals surface area contributed by atoms with Crippen LogP contribution in [-0.2, 0) is 11.3 Å². The Labute approximate surface area is 95.7 Å². The highest BCUT2D eigenvalue weighted by atomic mass is 16.3. The van der Waals surface area contributed by atoms with Gasteiger partial charge in [0.1, 0.15) is 0 Å². The third kappa shape index (κ3) is 4.89. The van der Waals surface area contributed by atoms with Gasteiger partial charge in [-0.15, -0.1) is 0 Å². The van der Waals surface area contributed by atoms with Gasteiger partial charge in [0.25, 0.3) is 0 Å². The molecule has 0 saturated heterocycles. The van der Waals surface area contributed by atoms with Crippen molar-refractivity contribution in [2.24, 2.45) is 0 Å². The maximum atomic E-state index is 11.4. The van der Waals surface area contributed by atoms with Crippen LogP contribution in [0.3, 0.4) is 0 Å². The molecule has 0 aromatic carbocycles. The molecule has 0 saturated carbocycles. The van der Waals surface area contributed by atoms with Crippen molar-refractivity contribution < 1.29 is 9.90 Å². The maximum Gasteiger partial charge on any atom is 0.220 e. The van der Waals surface area contributed by atoms with E-state index in [4.69, 9.17) is 5.11 Å². The van der Waals surface area contributed by atoms with E-state index in [1.54, 1.807) is 6.92 Å². The third-order valence-corrected chi connectivity index (χ3v) is 2.20. The van der Waals surface area contributed by atoms with Gasteiger partial charge in [0, 0.05) is 12.1 Å². The number of amides is 1. The second-order valence-electron chi connectivity index (χ2n) is 3.93. The minimum absolute atomic E-state index is 0.0517. The van der Waals surface area contributed by atoms with Crippen molar-refractivity contribution in [3.05, 3.63) is 29.6 Å². The summed E-state index contributed by atoms with van der Waals surface area (Å²) in [5.74, 6) is -0.0517. The van der Waals surface area contributed by atoms with Gasteiger partial charge < -0.3 is 10.4 Å². The van der Waals surface area contributed by atoms with Crippen LogP contribution in [0.2, 0.25) is 0 Å². The number of carbonyl (C=O) groups excluding carboxylic acids is 1. The summed E-state index contributed by atoms with van der Waals surface area (Å²) in [6.45, 7) is 4.04. The van der Waals surface area contributed by atoms with E-state index in [0.29, 0.717) is 19.4 Å². The van der Waals surface area contributed by atoms with Crippen LogP contribution in [0.15, 0.2) is 18.2 Å². The van der Waals surface area contributed by atoms with Crippen molar-refractivity contribution in [3.8, 4) is 0 Å². The quantitative estimate of drug-likeness (QED) is 0.786. The zero-order valence-electron chi connectivity index (χ0n) is 9.73. The van der Waals surface area contributed by atoms with Crippen LogP contribution in [0.1, 0.15) is 31.2 Å². The largest absolute Gasteiger partial charge is 0.393 e. The Morgan fingerprint density at radius 1 is 1.56 bits per heavy atom. The molecule has 4 heteroatoms. The van der Waals surface area contributed by atoms with Gasteiger partial charge in [-0.25, -0.2) is 0 Å². The Hall–Kier alpha value is -1.42. The summed E-state index contributed by atoms with van der Waals surface area (Å²) in [6.07, 6.45) is 0.416. The molecule has 1 rings (SSSR count). The monoisotopic (exact) mass is 222 g/mol. The predicted octanol–water partition coefficient (Wildman–Crippen LogP) is 1.17. The molecule has 1 aromatic rings. The van der Waals surface area contributed by atoms with E-state index in [1.807, 2.05) is 25.1 Å². The zero-order chi connectivity index (χ0) is 12.0. The molecule has 1 aromatic heterocycles. The number of aromatic nitrogens is 1. The maximum absolute atomic E-state index is 11.4. The Morgan fingerprint density at radius 3 is 2.94 bits per heavy atom. The van der Waals surface area contributed by atoms with Gasteiger partial charge in [-0.2, -0.15) is 0 Å². The number of aliphatic hydroxyl groups excluding tert-OH is 1. The molecule has 0 aliphatic heterocycles. The number of nitrogens with one attached hydrogen (secondary N) is 1. The number of nitrogens with zero attached hydrogens (tertiary/aromatic N) is 1. The van der Waals surface area contributed by atoms with Crippen molar-refractivity contribution in [2.45, 2.75) is 39.3 Å². The molecule has 16 heavy (non-hydrogen) atoms. The summed E-state index contributed by atoms with van der Waals surface area (Å²) in [5.41, 5.74) is 1.79. The highest BCUT2D eigenvalue weighted by Crippen LogP contribution is 1.99. The number of hydrogen-bond acceptors (Lipinski definition) is 3. The number of carbonyl (C=O) groups is 1. The Bertz CT molecular complexity index is 351. The summed E-state index contributed by atoms with van der Waals surface area (Å²) >= 11 is 0. The first-order chi connectivity index (χ1) is 7.58. The van der Waals surface area contributed by atoms with E-state index in [0.717, 1.165) is 11.4 Å². The average molecular weight is 222 g/mol. The van der Waals surface area contributed by atoms with Crippen LogP contribution in [0.4, 0.5) is 0 Å². The third-order valence-electron chi connectivity index (χ3n) is 2.20. The Morgan fingerprint density at radius 2 is 2.31 bits per heavy atom. The molecule has 1 heterocycles. The van der Waals surface area contributed by atoms with Gasteiger partial charge >= 0.3 is 0 Å². The first-order valence-corrected chi connectivity index (χ1v) is 5.45. The van der Waals surface area contributed by atoms with Gasteiger partial charge in [0.05, 0.1) is 18.3 Å². The van der Waals surface area contributed by atoms with Crippen molar-refractivity contribution in [2.75, 3.05) is 0 Å². The van der Waals surface area contributed by atoms with E-state index >= 15 is 0 Å². The van der Waals surface area contributed by atoms with Gasteiger partial charge in [-0.1, -0.05) is 6.07 Å². The van der Waals surface area contributed by atoms with Crippen molar-refractivity contribution in [1.29, 1.82) is 0 Å². The van der Waals surface area contributed by atoms with Crippen LogP contribution >= 0.6 is 0 Å². The second kappa shape index (κ2) is 6.23. The van der Waals surface area contributed by atoms with E-state index in [1.165, 1.54) is 0 Å². The van der Waals surface area contributed by atoms with Gasteiger partial charge in [0.2, 0.25) is 5.91 Å². The molecule has 0 fully saturated rings. The first kappa shape index (κ1) is 12.6. The lowest BCUT2D eigenvalue weighted by atomic mass is 10.2. The molecule has 2 N–H and O–H groups in total. The molecule has 88 valence electrons. The Kier molecular flexibility index (Phi) is 4.92. The van der Waals surface area contributed by atoms with Gasteiger partial charge in [-0.05, 0) is 32.4 Å². The molecule has 0 aliphatic rings.